The number of aliphatic hydroxyl groups excluding tert-OH is 2. The molecule has 3 aromatic rings. The van der Waals surface area contributed by atoms with Gasteiger partial charge in [0.1, 0.15) is 23.9 Å². The summed E-state index contributed by atoms with van der Waals surface area (Å²) in [5, 5.41) is 27.8. The number of aliphatic hydroxyl groups is 2. The summed E-state index contributed by atoms with van der Waals surface area (Å²) in [5.74, 6) is -0.00541. The Morgan fingerprint density at radius 2 is 1.86 bits per heavy atom. The van der Waals surface area contributed by atoms with Crippen LogP contribution >= 0.6 is 0 Å². The molecule has 1 fully saturated rings. The lowest BCUT2D eigenvalue weighted by Gasteiger charge is -2.30. The molecule has 36 heavy (non-hydrogen) atoms. The first-order chi connectivity index (χ1) is 17.2. The molecule has 0 spiro atoms. The Labute approximate surface area is 210 Å². The third kappa shape index (κ3) is 5.17. The Bertz CT molecular complexity index is 1260. The Hall–Kier alpha value is -3.17. The average Bonchev–Trinajstić information content (AvgIpc) is 3.16. The fraction of sp³-hybridized carbons (Fsp3) is 0.481. The molecule has 1 saturated carbocycles. The first-order valence-corrected chi connectivity index (χ1v) is 12.5. The smallest absolute Gasteiger partial charge is 0.350 e. The minimum absolute atomic E-state index is 0.107. The maximum absolute atomic E-state index is 15.4. The van der Waals surface area contributed by atoms with Gasteiger partial charge in [-0.1, -0.05) is 37.5 Å². The normalized spacial score (nSPS) is 16.1. The Kier molecular flexibility index (Phi) is 7.80. The topological polar surface area (TPSA) is 102 Å². The molecule has 0 saturated heterocycles. The van der Waals surface area contributed by atoms with E-state index < -0.39 is 24.3 Å². The second kappa shape index (κ2) is 10.8. The zero-order valence-electron chi connectivity index (χ0n) is 21.3. The molecular weight excluding hydrogens is 463 g/mol. The highest BCUT2D eigenvalue weighted by Gasteiger charge is 2.26. The number of rotatable bonds is 8. The lowest BCUT2D eigenvalue weighted by atomic mass is 9.86. The predicted octanol–water partition coefficient (Wildman–Crippen LogP) is 4.27. The summed E-state index contributed by atoms with van der Waals surface area (Å²) in [6.07, 6.45) is 4.18. The van der Waals surface area contributed by atoms with E-state index >= 15 is 4.39 Å². The Morgan fingerprint density at radius 1 is 1.19 bits per heavy atom. The molecule has 2 aromatic carbocycles. The molecule has 1 heterocycles. The lowest BCUT2D eigenvalue weighted by Crippen LogP contribution is -2.27. The van der Waals surface area contributed by atoms with Gasteiger partial charge in [-0.05, 0) is 56.7 Å². The quantitative estimate of drug-likeness (QED) is 0.401. The first-order valence-electron chi connectivity index (χ1n) is 12.5. The van der Waals surface area contributed by atoms with E-state index in [0.717, 1.165) is 51.7 Å². The van der Waals surface area contributed by atoms with Gasteiger partial charge in [-0.2, -0.15) is 4.68 Å². The second-order valence-electron chi connectivity index (χ2n) is 9.70. The van der Waals surface area contributed by atoms with Gasteiger partial charge in [0.15, 0.2) is 12.1 Å². The van der Waals surface area contributed by atoms with Crippen molar-refractivity contribution in [3.8, 4) is 11.4 Å². The molecule has 1 aliphatic carbocycles. The highest BCUT2D eigenvalue weighted by molar-refractivity contribution is 5.58. The minimum atomic E-state index is -1.25. The van der Waals surface area contributed by atoms with Crippen molar-refractivity contribution in [2.45, 2.75) is 71.8 Å². The number of aryl methyl sites for hydroxylation is 2. The van der Waals surface area contributed by atoms with Gasteiger partial charge in [0.2, 0.25) is 0 Å². The maximum Gasteiger partial charge on any atom is 0.350 e. The van der Waals surface area contributed by atoms with Gasteiger partial charge in [-0.3, -0.25) is 4.57 Å². The number of nitrogens with zero attached hydrogens (tertiary/aromatic N) is 3. The molecular formula is C27H35FN4O4. The molecule has 0 radical (unpaired) electrons. The van der Waals surface area contributed by atoms with Crippen molar-refractivity contribution >= 4 is 5.69 Å². The van der Waals surface area contributed by atoms with Gasteiger partial charge in [0.05, 0.1) is 6.10 Å². The van der Waals surface area contributed by atoms with Crippen molar-refractivity contribution in [2.75, 3.05) is 5.32 Å². The van der Waals surface area contributed by atoms with Crippen molar-refractivity contribution < 1.29 is 19.3 Å². The summed E-state index contributed by atoms with van der Waals surface area (Å²) in [6, 6.07) is 8.39. The third-order valence-electron chi connectivity index (χ3n) is 7.20. The van der Waals surface area contributed by atoms with E-state index in [4.69, 9.17) is 4.74 Å². The van der Waals surface area contributed by atoms with Gasteiger partial charge >= 0.3 is 5.69 Å². The van der Waals surface area contributed by atoms with Crippen LogP contribution in [-0.4, -0.2) is 30.7 Å². The number of halogens is 1. The zero-order chi connectivity index (χ0) is 26.0. The number of para-hydroxylation sites is 1. The van der Waals surface area contributed by atoms with Crippen molar-refractivity contribution in [2.24, 2.45) is 13.0 Å². The molecule has 2 unspecified atom stereocenters. The van der Waals surface area contributed by atoms with Gasteiger partial charge in [-0.15, -0.1) is 5.10 Å². The monoisotopic (exact) mass is 498 g/mol. The minimum Gasteiger partial charge on any atom is -0.490 e. The Balaban J connectivity index is 1.76. The van der Waals surface area contributed by atoms with E-state index in [1.165, 1.54) is 25.6 Å². The molecule has 8 nitrogen and oxygen atoms in total. The SMILES string of the molecule is Cc1cccc(C)c1NC(O)c1cc(F)c(-n2nc(CO)n(C)c2=O)cc1OC(C)C1CCCCC1. The van der Waals surface area contributed by atoms with E-state index in [9.17, 15) is 15.0 Å². The van der Waals surface area contributed by atoms with Gasteiger partial charge in [0, 0.05) is 24.4 Å². The van der Waals surface area contributed by atoms with Crippen LogP contribution in [0.4, 0.5) is 10.1 Å². The number of nitrogens with one attached hydrogen (secondary N) is 1. The van der Waals surface area contributed by atoms with Crippen LogP contribution in [0.3, 0.4) is 0 Å². The van der Waals surface area contributed by atoms with Crippen molar-refractivity contribution in [1.29, 1.82) is 0 Å². The molecule has 0 aliphatic heterocycles. The van der Waals surface area contributed by atoms with Gasteiger partial charge in [0.25, 0.3) is 0 Å². The first kappa shape index (κ1) is 25.9. The molecule has 1 aromatic heterocycles. The van der Waals surface area contributed by atoms with Crippen LogP contribution in [-0.2, 0) is 13.7 Å². The number of ether oxygens (including phenoxy) is 1. The molecule has 4 rings (SSSR count). The molecule has 9 heteroatoms. The van der Waals surface area contributed by atoms with Crippen molar-refractivity contribution in [3.63, 3.8) is 0 Å². The van der Waals surface area contributed by atoms with E-state index in [2.05, 4.69) is 10.4 Å². The second-order valence-corrected chi connectivity index (χ2v) is 9.70. The summed E-state index contributed by atoms with van der Waals surface area (Å²) >= 11 is 0. The largest absolute Gasteiger partial charge is 0.490 e. The summed E-state index contributed by atoms with van der Waals surface area (Å²) in [7, 11) is 1.46. The number of aromatic nitrogens is 3. The van der Waals surface area contributed by atoms with Crippen LogP contribution in [0.25, 0.3) is 5.69 Å². The van der Waals surface area contributed by atoms with Crippen molar-refractivity contribution in [3.05, 3.63) is 69.1 Å². The van der Waals surface area contributed by atoms with Crippen LogP contribution in [0.2, 0.25) is 0 Å². The van der Waals surface area contributed by atoms with Crippen molar-refractivity contribution in [1.82, 2.24) is 14.3 Å². The molecule has 0 amide bonds. The van der Waals surface area contributed by atoms with E-state index in [1.807, 2.05) is 39.0 Å². The van der Waals surface area contributed by atoms with E-state index in [0.29, 0.717) is 5.92 Å². The average molecular weight is 499 g/mol. The summed E-state index contributed by atoms with van der Waals surface area (Å²) < 4.78 is 23.9. The number of anilines is 1. The molecule has 194 valence electrons. The fourth-order valence-electron chi connectivity index (χ4n) is 4.97. The lowest BCUT2D eigenvalue weighted by molar-refractivity contribution is 0.116. The maximum atomic E-state index is 15.4. The highest BCUT2D eigenvalue weighted by Crippen LogP contribution is 2.35. The fourth-order valence-corrected chi connectivity index (χ4v) is 4.97. The summed E-state index contributed by atoms with van der Waals surface area (Å²) in [6.45, 7) is 5.39. The molecule has 1 aliphatic rings. The van der Waals surface area contributed by atoms with E-state index in [1.54, 1.807) is 0 Å². The standard InChI is InChI=1S/C27H35FN4O4/c1-16-9-8-10-17(2)25(16)29-26(34)20-13-21(28)22(32-27(35)31(4)24(15-33)30-32)14-23(20)36-18(3)19-11-6-5-7-12-19/h8-10,13-14,18-19,26,29,33-34H,5-7,11-12,15H2,1-4H3. The molecule has 0 bridgehead atoms. The number of hydrogen-bond acceptors (Lipinski definition) is 6. The zero-order valence-corrected chi connectivity index (χ0v) is 21.3. The predicted molar refractivity (Wildman–Crippen MR) is 136 cm³/mol. The van der Waals surface area contributed by atoms with Gasteiger partial charge < -0.3 is 20.3 Å². The van der Waals surface area contributed by atoms with Crippen LogP contribution in [0.15, 0.2) is 35.1 Å². The van der Waals surface area contributed by atoms with E-state index in [-0.39, 0.29) is 28.9 Å². The van der Waals surface area contributed by atoms with Crippen LogP contribution in [0.1, 0.15) is 67.8 Å². The summed E-state index contributed by atoms with van der Waals surface area (Å²) in [5.41, 5.74) is 2.18. The van der Waals surface area contributed by atoms with Crippen LogP contribution < -0.4 is 15.7 Å². The summed E-state index contributed by atoms with van der Waals surface area (Å²) in [4.78, 5) is 12.7. The highest BCUT2D eigenvalue weighted by atomic mass is 19.1. The Morgan fingerprint density at radius 3 is 2.47 bits per heavy atom. The molecule has 3 N–H and O–H groups in total. The molecule has 2 atom stereocenters. The number of hydrogen-bond donors (Lipinski definition) is 3. The van der Waals surface area contributed by atoms with Gasteiger partial charge in [-0.25, -0.2) is 9.18 Å². The van der Waals surface area contributed by atoms with Crippen LogP contribution in [0.5, 0.6) is 5.75 Å². The van der Waals surface area contributed by atoms with Crippen LogP contribution in [0, 0.1) is 25.6 Å². The number of benzene rings is 2. The third-order valence-corrected chi connectivity index (χ3v) is 7.20.